The fourth-order valence-corrected chi connectivity index (χ4v) is 2.70. The molecule has 15 heavy (non-hydrogen) atoms. The SMILES string of the molecule is CCCCCN1CCC(CO)CC1(C)C. The van der Waals surface area contributed by atoms with Crippen LogP contribution in [0.15, 0.2) is 0 Å². The highest BCUT2D eigenvalue weighted by molar-refractivity contribution is 4.88. The van der Waals surface area contributed by atoms with Crippen molar-refractivity contribution < 1.29 is 5.11 Å². The molecule has 0 spiro atoms. The van der Waals surface area contributed by atoms with Crippen LogP contribution in [0.1, 0.15) is 52.9 Å². The second kappa shape index (κ2) is 5.86. The minimum Gasteiger partial charge on any atom is -0.396 e. The van der Waals surface area contributed by atoms with Crippen LogP contribution in [0.25, 0.3) is 0 Å². The number of piperidine rings is 1. The van der Waals surface area contributed by atoms with E-state index in [1.165, 1.54) is 38.8 Å². The molecule has 2 nitrogen and oxygen atoms in total. The van der Waals surface area contributed by atoms with Crippen molar-refractivity contribution in [3.63, 3.8) is 0 Å². The smallest absolute Gasteiger partial charge is 0.0460 e. The van der Waals surface area contributed by atoms with Gasteiger partial charge >= 0.3 is 0 Å². The molecule has 0 aromatic heterocycles. The molecule has 1 unspecified atom stereocenters. The third-order valence-electron chi connectivity index (χ3n) is 3.74. The van der Waals surface area contributed by atoms with E-state index in [-0.39, 0.29) is 0 Å². The lowest BCUT2D eigenvalue weighted by molar-refractivity contribution is 0.0265. The first-order chi connectivity index (χ1) is 7.10. The maximum Gasteiger partial charge on any atom is 0.0460 e. The monoisotopic (exact) mass is 213 g/mol. The fourth-order valence-electron chi connectivity index (χ4n) is 2.70. The summed E-state index contributed by atoms with van der Waals surface area (Å²) < 4.78 is 0. The predicted octanol–water partition coefficient (Wildman–Crippen LogP) is 2.66. The van der Waals surface area contributed by atoms with Crippen molar-refractivity contribution in [3.8, 4) is 0 Å². The minimum absolute atomic E-state index is 0.291. The fraction of sp³-hybridized carbons (Fsp3) is 1.00. The lowest BCUT2D eigenvalue weighted by Gasteiger charge is -2.45. The lowest BCUT2D eigenvalue weighted by Crippen LogP contribution is -2.50. The van der Waals surface area contributed by atoms with Gasteiger partial charge in [0, 0.05) is 12.1 Å². The summed E-state index contributed by atoms with van der Waals surface area (Å²) in [6, 6.07) is 0. The molecular formula is C13H27NO. The number of nitrogens with zero attached hydrogens (tertiary/aromatic N) is 1. The molecule has 2 heteroatoms. The summed E-state index contributed by atoms with van der Waals surface area (Å²) >= 11 is 0. The zero-order chi connectivity index (χ0) is 11.3. The molecule has 1 fully saturated rings. The van der Waals surface area contributed by atoms with Gasteiger partial charge in [-0.3, -0.25) is 4.90 Å². The van der Waals surface area contributed by atoms with E-state index < -0.39 is 0 Å². The molecule has 0 aliphatic carbocycles. The molecule has 1 N–H and O–H groups in total. The van der Waals surface area contributed by atoms with Gasteiger partial charge in [0.15, 0.2) is 0 Å². The summed E-state index contributed by atoms with van der Waals surface area (Å²) in [7, 11) is 0. The van der Waals surface area contributed by atoms with Crippen LogP contribution >= 0.6 is 0 Å². The van der Waals surface area contributed by atoms with Gasteiger partial charge in [0.2, 0.25) is 0 Å². The molecule has 1 heterocycles. The average Bonchev–Trinajstić information content (AvgIpc) is 2.20. The molecular weight excluding hydrogens is 186 g/mol. The Balaban J connectivity index is 2.38. The summed E-state index contributed by atoms with van der Waals surface area (Å²) in [6.07, 6.45) is 6.29. The second-order valence-electron chi connectivity index (χ2n) is 5.55. The first kappa shape index (κ1) is 13.0. The summed E-state index contributed by atoms with van der Waals surface area (Å²) in [5, 5.41) is 9.21. The van der Waals surface area contributed by atoms with Crippen LogP contribution in [0, 0.1) is 5.92 Å². The molecule has 1 saturated heterocycles. The third kappa shape index (κ3) is 3.76. The van der Waals surface area contributed by atoms with Gasteiger partial charge in [-0.15, -0.1) is 0 Å². The Morgan fingerprint density at radius 1 is 1.33 bits per heavy atom. The first-order valence-electron chi connectivity index (χ1n) is 6.46. The Bertz CT molecular complexity index is 177. The Morgan fingerprint density at radius 2 is 2.07 bits per heavy atom. The summed E-state index contributed by atoms with van der Waals surface area (Å²) in [5.41, 5.74) is 0.291. The van der Waals surface area contributed by atoms with E-state index in [0.29, 0.717) is 18.1 Å². The molecule has 0 radical (unpaired) electrons. The van der Waals surface area contributed by atoms with Gasteiger partial charge in [-0.1, -0.05) is 19.8 Å². The molecule has 1 aliphatic rings. The average molecular weight is 213 g/mol. The number of rotatable bonds is 5. The zero-order valence-corrected chi connectivity index (χ0v) is 10.6. The van der Waals surface area contributed by atoms with Gasteiger partial charge < -0.3 is 5.11 Å². The zero-order valence-electron chi connectivity index (χ0n) is 10.6. The van der Waals surface area contributed by atoms with Gasteiger partial charge in [-0.25, -0.2) is 0 Å². The van der Waals surface area contributed by atoms with Crippen molar-refractivity contribution in [1.29, 1.82) is 0 Å². The number of hydrogen-bond acceptors (Lipinski definition) is 2. The maximum absolute atomic E-state index is 9.21. The Hall–Kier alpha value is -0.0800. The van der Waals surface area contributed by atoms with Crippen molar-refractivity contribution in [1.82, 2.24) is 4.90 Å². The van der Waals surface area contributed by atoms with Crippen molar-refractivity contribution in [2.45, 2.75) is 58.4 Å². The summed E-state index contributed by atoms with van der Waals surface area (Å²) in [5.74, 6) is 0.530. The van der Waals surface area contributed by atoms with Crippen molar-refractivity contribution in [2.75, 3.05) is 19.7 Å². The molecule has 90 valence electrons. The topological polar surface area (TPSA) is 23.5 Å². The van der Waals surface area contributed by atoms with Crippen LogP contribution in [-0.2, 0) is 0 Å². The summed E-state index contributed by atoms with van der Waals surface area (Å²) in [4.78, 5) is 2.61. The van der Waals surface area contributed by atoms with Gasteiger partial charge in [-0.05, 0) is 52.1 Å². The number of hydrogen-bond donors (Lipinski definition) is 1. The van der Waals surface area contributed by atoms with Gasteiger partial charge in [0.05, 0.1) is 0 Å². The van der Waals surface area contributed by atoms with E-state index in [4.69, 9.17) is 0 Å². The molecule has 0 amide bonds. The quantitative estimate of drug-likeness (QED) is 0.710. The normalized spacial score (nSPS) is 26.8. The highest BCUT2D eigenvalue weighted by Gasteiger charge is 2.33. The van der Waals surface area contributed by atoms with E-state index in [1.807, 2.05) is 0 Å². The number of aliphatic hydroxyl groups is 1. The van der Waals surface area contributed by atoms with Gasteiger partial charge in [-0.2, -0.15) is 0 Å². The van der Waals surface area contributed by atoms with Crippen molar-refractivity contribution >= 4 is 0 Å². The number of likely N-dealkylation sites (tertiary alicyclic amines) is 1. The van der Waals surface area contributed by atoms with Crippen LogP contribution in [-0.4, -0.2) is 35.2 Å². The molecule has 0 aromatic carbocycles. The third-order valence-corrected chi connectivity index (χ3v) is 3.74. The molecule has 1 aliphatic heterocycles. The van der Waals surface area contributed by atoms with Crippen LogP contribution in [0.4, 0.5) is 0 Å². The van der Waals surface area contributed by atoms with Crippen LogP contribution in [0.3, 0.4) is 0 Å². The van der Waals surface area contributed by atoms with E-state index in [0.717, 1.165) is 6.42 Å². The Labute approximate surface area is 94.7 Å². The second-order valence-corrected chi connectivity index (χ2v) is 5.55. The van der Waals surface area contributed by atoms with Crippen molar-refractivity contribution in [3.05, 3.63) is 0 Å². The number of aliphatic hydroxyl groups excluding tert-OH is 1. The lowest BCUT2D eigenvalue weighted by atomic mass is 9.83. The van der Waals surface area contributed by atoms with E-state index in [1.54, 1.807) is 0 Å². The van der Waals surface area contributed by atoms with E-state index in [9.17, 15) is 5.11 Å². The molecule has 1 rings (SSSR count). The number of unbranched alkanes of at least 4 members (excludes halogenated alkanes) is 2. The molecule has 0 saturated carbocycles. The van der Waals surface area contributed by atoms with Crippen LogP contribution in [0.5, 0.6) is 0 Å². The first-order valence-corrected chi connectivity index (χ1v) is 6.46. The predicted molar refractivity (Wildman–Crippen MR) is 65.0 cm³/mol. The van der Waals surface area contributed by atoms with Gasteiger partial charge in [0.25, 0.3) is 0 Å². The highest BCUT2D eigenvalue weighted by atomic mass is 16.3. The largest absolute Gasteiger partial charge is 0.396 e. The van der Waals surface area contributed by atoms with E-state index >= 15 is 0 Å². The van der Waals surface area contributed by atoms with Crippen molar-refractivity contribution in [2.24, 2.45) is 5.92 Å². The molecule has 0 aromatic rings. The minimum atomic E-state index is 0.291. The van der Waals surface area contributed by atoms with Crippen LogP contribution < -0.4 is 0 Å². The van der Waals surface area contributed by atoms with Crippen LogP contribution in [0.2, 0.25) is 0 Å². The standard InChI is InChI=1S/C13H27NO/c1-4-5-6-8-14-9-7-12(11-15)10-13(14,2)3/h12,15H,4-11H2,1-3H3. The summed E-state index contributed by atoms with van der Waals surface area (Å²) in [6.45, 7) is 9.66. The molecule has 0 bridgehead atoms. The molecule has 1 atom stereocenters. The Morgan fingerprint density at radius 3 is 2.60 bits per heavy atom. The Kier molecular flexibility index (Phi) is 5.07. The maximum atomic E-state index is 9.21. The van der Waals surface area contributed by atoms with Gasteiger partial charge in [0.1, 0.15) is 0 Å². The van der Waals surface area contributed by atoms with E-state index in [2.05, 4.69) is 25.7 Å². The highest BCUT2D eigenvalue weighted by Crippen LogP contribution is 2.31.